The average Bonchev–Trinajstić information content (AvgIpc) is 2.55. The van der Waals surface area contributed by atoms with E-state index in [0.717, 1.165) is 18.6 Å². The fourth-order valence-electron chi connectivity index (χ4n) is 1.81. The number of amides is 2. The summed E-state index contributed by atoms with van der Waals surface area (Å²) in [6.07, 6.45) is 2.10. The van der Waals surface area contributed by atoms with Crippen LogP contribution in [0.25, 0.3) is 0 Å². The van der Waals surface area contributed by atoms with Crippen LogP contribution in [0.5, 0.6) is 0 Å². The lowest BCUT2D eigenvalue weighted by Gasteiger charge is -2.07. The first-order chi connectivity index (χ1) is 11.0. The molecule has 2 aromatic rings. The number of aromatic nitrogens is 1. The highest BCUT2D eigenvalue weighted by Crippen LogP contribution is 2.16. The summed E-state index contributed by atoms with van der Waals surface area (Å²) >= 11 is 0. The summed E-state index contributed by atoms with van der Waals surface area (Å²) in [6, 6.07) is 5.58. The number of benzene rings is 1. The second-order valence-electron chi connectivity index (χ2n) is 4.76. The smallest absolute Gasteiger partial charge is 0.274 e. The number of nitrogens with one attached hydrogen (secondary N) is 2. The van der Waals surface area contributed by atoms with Gasteiger partial charge in [-0.25, -0.2) is 8.78 Å². The number of anilines is 1. The summed E-state index contributed by atoms with van der Waals surface area (Å²) in [6.45, 7) is 2.44. The Hall–Kier alpha value is -2.83. The van der Waals surface area contributed by atoms with Crippen molar-refractivity contribution in [1.29, 1.82) is 0 Å². The van der Waals surface area contributed by atoms with Gasteiger partial charge in [0.2, 0.25) is 0 Å². The standard InChI is InChI=1S/C16H15F2N3O2/c1-2-6-20-15(22)10-5-7-19-14(8-10)16(23)21-13-4-3-11(17)9-12(13)18/h3-5,7-9H,2,6H2,1H3,(H,20,22)(H,21,23). The molecule has 0 unspecified atom stereocenters. The zero-order chi connectivity index (χ0) is 16.8. The van der Waals surface area contributed by atoms with E-state index in [1.807, 2.05) is 6.92 Å². The Balaban J connectivity index is 2.15. The lowest BCUT2D eigenvalue weighted by atomic mass is 10.2. The van der Waals surface area contributed by atoms with Gasteiger partial charge >= 0.3 is 0 Å². The van der Waals surface area contributed by atoms with Crippen LogP contribution in [0.1, 0.15) is 34.2 Å². The Labute approximate surface area is 131 Å². The van der Waals surface area contributed by atoms with Gasteiger partial charge in [0.25, 0.3) is 11.8 Å². The van der Waals surface area contributed by atoms with Gasteiger partial charge in [-0.05, 0) is 30.7 Å². The second kappa shape index (κ2) is 7.44. The number of pyridine rings is 1. The minimum Gasteiger partial charge on any atom is -0.352 e. The van der Waals surface area contributed by atoms with Crippen LogP contribution in [0.15, 0.2) is 36.5 Å². The Morgan fingerprint density at radius 3 is 2.61 bits per heavy atom. The number of hydrogen-bond donors (Lipinski definition) is 2. The van der Waals surface area contributed by atoms with Gasteiger partial charge in [0.05, 0.1) is 5.69 Å². The molecular weight excluding hydrogens is 304 g/mol. The molecule has 0 fully saturated rings. The van der Waals surface area contributed by atoms with E-state index in [-0.39, 0.29) is 22.9 Å². The number of carbonyl (C=O) groups excluding carboxylic acids is 2. The summed E-state index contributed by atoms with van der Waals surface area (Å²) in [4.78, 5) is 27.8. The average molecular weight is 319 g/mol. The Kier molecular flexibility index (Phi) is 5.35. The highest BCUT2D eigenvalue weighted by atomic mass is 19.1. The van der Waals surface area contributed by atoms with Gasteiger partial charge in [-0.2, -0.15) is 0 Å². The molecule has 1 heterocycles. The predicted molar refractivity (Wildman–Crippen MR) is 81.2 cm³/mol. The van der Waals surface area contributed by atoms with E-state index in [2.05, 4.69) is 15.6 Å². The maximum absolute atomic E-state index is 13.5. The van der Waals surface area contributed by atoms with E-state index in [4.69, 9.17) is 0 Å². The molecule has 5 nitrogen and oxygen atoms in total. The van der Waals surface area contributed by atoms with Crippen molar-refractivity contribution in [2.75, 3.05) is 11.9 Å². The van der Waals surface area contributed by atoms with Crippen molar-refractivity contribution in [3.8, 4) is 0 Å². The van der Waals surface area contributed by atoms with E-state index in [0.29, 0.717) is 12.6 Å². The molecule has 0 aliphatic heterocycles. The third-order valence-corrected chi connectivity index (χ3v) is 2.97. The first-order valence-electron chi connectivity index (χ1n) is 7.02. The van der Waals surface area contributed by atoms with Crippen LogP contribution in [0.4, 0.5) is 14.5 Å². The summed E-state index contributed by atoms with van der Waals surface area (Å²) in [5.41, 5.74) is 0.0649. The molecule has 120 valence electrons. The Morgan fingerprint density at radius 2 is 1.91 bits per heavy atom. The van der Waals surface area contributed by atoms with Crippen molar-refractivity contribution in [2.24, 2.45) is 0 Å². The Morgan fingerprint density at radius 1 is 1.13 bits per heavy atom. The van der Waals surface area contributed by atoms with Gasteiger partial charge in [0.1, 0.15) is 17.3 Å². The van der Waals surface area contributed by atoms with Crippen molar-refractivity contribution in [1.82, 2.24) is 10.3 Å². The molecular formula is C16H15F2N3O2. The molecule has 0 saturated carbocycles. The zero-order valence-electron chi connectivity index (χ0n) is 12.4. The van der Waals surface area contributed by atoms with Gasteiger partial charge in [0, 0.05) is 24.4 Å². The fraction of sp³-hybridized carbons (Fsp3) is 0.188. The van der Waals surface area contributed by atoms with E-state index < -0.39 is 17.5 Å². The summed E-state index contributed by atoms with van der Waals surface area (Å²) in [5.74, 6) is -2.65. The van der Waals surface area contributed by atoms with Gasteiger partial charge in [-0.15, -0.1) is 0 Å². The monoisotopic (exact) mass is 319 g/mol. The lowest BCUT2D eigenvalue weighted by molar-refractivity contribution is 0.0953. The van der Waals surface area contributed by atoms with Gasteiger partial charge < -0.3 is 10.6 Å². The van der Waals surface area contributed by atoms with Crippen LogP contribution >= 0.6 is 0 Å². The van der Waals surface area contributed by atoms with Crippen LogP contribution in [0, 0.1) is 11.6 Å². The molecule has 2 N–H and O–H groups in total. The molecule has 1 aromatic heterocycles. The molecule has 0 aliphatic rings. The van der Waals surface area contributed by atoms with Crippen LogP contribution in [0.2, 0.25) is 0 Å². The van der Waals surface area contributed by atoms with E-state index in [1.54, 1.807) is 0 Å². The largest absolute Gasteiger partial charge is 0.352 e. The molecule has 0 atom stereocenters. The minimum atomic E-state index is -0.893. The number of halogens is 2. The molecule has 0 radical (unpaired) electrons. The Bertz CT molecular complexity index is 735. The molecule has 1 aromatic carbocycles. The third kappa shape index (κ3) is 4.32. The van der Waals surface area contributed by atoms with Crippen LogP contribution < -0.4 is 10.6 Å². The number of nitrogens with zero attached hydrogens (tertiary/aromatic N) is 1. The minimum absolute atomic E-state index is 0.0436. The SMILES string of the molecule is CCCNC(=O)c1ccnc(C(=O)Nc2ccc(F)cc2F)c1. The van der Waals surface area contributed by atoms with E-state index in [9.17, 15) is 18.4 Å². The van der Waals surface area contributed by atoms with Crippen LogP contribution in [0.3, 0.4) is 0 Å². The van der Waals surface area contributed by atoms with Crippen LogP contribution in [-0.2, 0) is 0 Å². The zero-order valence-corrected chi connectivity index (χ0v) is 12.4. The van der Waals surface area contributed by atoms with Crippen molar-refractivity contribution in [3.05, 3.63) is 59.4 Å². The topological polar surface area (TPSA) is 71.1 Å². The second-order valence-corrected chi connectivity index (χ2v) is 4.76. The lowest BCUT2D eigenvalue weighted by Crippen LogP contribution is -2.24. The summed E-state index contributed by atoms with van der Waals surface area (Å²) in [5, 5.41) is 4.97. The maximum atomic E-state index is 13.5. The predicted octanol–water partition coefficient (Wildman–Crippen LogP) is 2.75. The summed E-state index contributed by atoms with van der Waals surface area (Å²) < 4.78 is 26.4. The third-order valence-electron chi connectivity index (χ3n) is 2.97. The summed E-state index contributed by atoms with van der Waals surface area (Å²) in [7, 11) is 0. The molecule has 2 rings (SSSR count). The normalized spacial score (nSPS) is 10.2. The van der Waals surface area contributed by atoms with Crippen molar-refractivity contribution in [2.45, 2.75) is 13.3 Å². The molecule has 7 heteroatoms. The first-order valence-corrected chi connectivity index (χ1v) is 7.02. The molecule has 23 heavy (non-hydrogen) atoms. The van der Waals surface area contributed by atoms with Gasteiger partial charge in [-0.3, -0.25) is 14.6 Å². The molecule has 0 spiro atoms. The van der Waals surface area contributed by atoms with Gasteiger partial charge in [-0.1, -0.05) is 6.92 Å². The van der Waals surface area contributed by atoms with Crippen molar-refractivity contribution < 1.29 is 18.4 Å². The number of carbonyl (C=O) groups is 2. The highest BCUT2D eigenvalue weighted by molar-refractivity contribution is 6.04. The molecule has 0 aliphatic carbocycles. The quantitative estimate of drug-likeness (QED) is 0.890. The van der Waals surface area contributed by atoms with E-state index in [1.165, 1.54) is 18.3 Å². The molecule has 0 bridgehead atoms. The number of hydrogen-bond acceptors (Lipinski definition) is 3. The van der Waals surface area contributed by atoms with E-state index >= 15 is 0 Å². The molecule has 0 saturated heterocycles. The fourth-order valence-corrected chi connectivity index (χ4v) is 1.81. The molecule has 2 amide bonds. The first kappa shape index (κ1) is 16.5. The number of rotatable bonds is 5. The van der Waals surface area contributed by atoms with Gasteiger partial charge in [0.15, 0.2) is 0 Å². The van der Waals surface area contributed by atoms with Crippen molar-refractivity contribution in [3.63, 3.8) is 0 Å². The van der Waals surface area contributed by atoms with Crippen molar-refractivity contribution >= 4 is 17.5 Å². The highest BCUT2D eigenvalue weighted by Gasteiger charge is 2.13. The van der Waals surface area contributed by atoms with Crippen LogP contribution in [-0.4, -0.2) is 23.3 Å². The maximum Gasteiger partial charge on any atom is 0.274 e.